The molecule has 4 rings (SSSR count). The van der Waals surface area contributed by atoms with Gasteiger partial charge in [0.2, 0.25) is 0 Å². The number of fused-ring (bicyclic) bond motifs is 5. The van der Waals surface area contributed by atoms with E-state index in [1.807, 2.05) is 36.4 Å². The van der Waals surface area contributed by atoms with E-state index in [4.69, 9.17) is 4.42 Å². The van der Waals surface area contributed by atoms with Crippen molar-refractivity contribution < 1.29 is 9.52 Å². The first-order chi connectivity index (χ1) is 9.27. The fourth-order valence-electron chi connectivity index (χ4n) is 2.79. The number of aliphatic hydroxyl groups is 1. The molecule has 1 aliphatic carbocycles. The largest absolute Gasteiger partial charge is 0.422 e. The summed E-state index contributed by atoms with van der Waals surface area (Å²) in [6.07, 6.45) is -0.736. The van der Waals surface area contributed by atoms with E-state index in [9.17, 15) is 9.90 Å². The van der Waals surface area contributed by atoms with Crippen LogP contribution in [0, 0.1) is 0 Å². The van der Waals surface area contributed by atoms with Gasteiger partial charge in [-0.2, -0.15) is 0 Å². The van der Waals surface area contributed by atoms with Crippen LogP contribution in [0.3, 0.4) is 0 Å². The lowest BCUT2D eigenvalue weighted by atomic mass is 10.0. The van der Waals surface area contributed by atoms with E-state index in [0.29, 0.717) is 16.7 Å². The first kappa shape index (κ1) is 10.5. The molecule has 1 unspecified atom stereocenters. The van der Waals surface area contributed by atoms with Gasteiger partial charge in [0.05, 0.1) is 5.39 Å². The van der Waals surface area contributed by atoms with Gasteiger partial charge in [-0.1, -0.05) is 42.5 Å². The summed E-state index contributed by atoms with van der Waals surface area (Å²) in [5, 5.41) is 11.7. The molecule has 3 nitrogen and oxygen atoms in total. The van der Waals surface area contributed by atoms with Crippen molar-refractivity contribution in [2.75, 3.05) is 0 Å². The Morgan fingerprint density at radius 1 is 0.947 bits per heavy atom. The first-order valence-corrected chi connectivity index (χ1v) is 6.10. The van der Waals surface area contributed by atoms with E-state index >= 15 is 0 Å². The minimum Gasteiger partial charge on any atom is -0.422 e. The van der Waals surface area contributed by atoms with Crippen LogP contribution in [0.2, 0.25) is 0 Å². The average Bonchev–Trinajstić information content (AvgIpc) is 2.73. The maximum atomic E-state index is 12.0. The minimum atomic E-state index is -0.736. The van der Waals surface area contributed by atoms with Crippen LogP contribution in [0.25, 0.3) is 22.1 Å². The normalized spacial score (nSPS) is 16.4. The van der Waals surface area contributed by atoms with Crippen LogP contribution in [0.4, 0.5) is 0 Å². The van der Waals surface area contributed by atoms with Gasteiger partial charge < -0.3 is 9.52 Å². The van der Waals surface area contributed by atoms with Crippen molar-refractivity contribution in [2.45, 2.75) is 6.10 Å². The fraction of sp³-hybridized carbons (Fsp3) is 0.0625. The molecule has 0 aliphatic heterocycles. The summed E-state index contributed by atoms with van der Waals surface area (Å²) in [5.41, 5.74) is 1.92. The highest BCUT2D eigenvalue weighted by Gasteiger charge is 2.31. The van der Waals surface area contributed by atoms with Gasteiger partial charge in [-0.3, -0.25) is 0 Å². The van der Waals surface area contributed by atoms with Gasteiger partial charge in [-0.25, -0.2) is 4.79 Å². The van der Waals surface area contributed by atoms with Gasteiger partial charge >= 0.3 is 5.63 Å². The Labute approximate surface area is 108 Å². The third-order valence-corrected chi connectivity index (χ3v) is 3.65. The molecule has 0 bridgehead atoms. The van der Waals surface area contributed by atoms with Crippen LogP contribution in [0.1, 0.15) is 17.2 Å². The molecule has 0 spiro atoms. The SMILES string of the molecule is O=c1oc2c(c3ccccc13)C(O)c1ccccc1-2. The first-order valence-electron chi connectivity index (χ1n) is 6.10. The summed E-state index contributed by atoms with van der Waals surface area (Å²) in [4.78, 5) is 12.0. The fourth-order valence-corrected chi connectivity index (χ4v) is 2.79. The predicted octanol–water partition coefficient (Wildman–Crippen LogP) is 2.86. The van der Waals surface area contributed by atoms with Crippen LogP contribution in [-0.4, -0.2) is 5.11 Å². The summed E-state index contributed by atoms with van der Waals surface area (Å²) in [6.45, 7) is 0. The van der Waals surface area contributed by atoms with Crippen LogP contribution in [0.15, 0.2) is 57.7 Å². The van der Waals surface area contributed by atoms with E-state index in [1.165, 1.54) is 0 Å². The Morgan fingerprint density at radius 2 is 1.63 bits per heavy atom. The molecule has 1 aliphatic rings. The molecule has 0 radical (unpaired) electrons. The Morgan fingerprint density at radius 3 is 2.47 bits per heavy atom. The highest BCUT2D eigenvalue weighted by molar-refractivity contribution is 5.92. The molecule has 1 atom stereocenters. The number of rotatable bonds is 0. The molecule has 0 amide bonds. The van der Waals surface area contributed by atoms with E-state index in [1.54, 1.807) is 12.1 Å². The second-order valence-corrected chi connectivity index (χ2v) is 4.67. The predicted molar refractivity (Wildman–Crippen MR) is 72.0 cm³/mol. The number of hydrogen-bond acceptors (Lipinski definition) is 3. The lowest BCUT2D eigenvalue weighted by molar-refractivity contribution is 0.225. The number of aliphatic hydroxyl groups excluding tert-OH is 1. The number of benzene rings is 2. The smallest absolute Gasteiger partial charge is 0.344 e. The molecule has 1 aromatic heterocycles. The summed E-state index contributed by atoms with van der Waals surface area (Å²) >= 11 is 0. The molecular weight excluding hydrogens is 240 g/mol. The zero-order chi connectivity index (χ0) is 13.0. The maximum absolute atomic E-state index is 12.0. The Balaban J connectivity index is 2.22. The average molecular weight is 250 g/mol. The van der Waals surface area contributed by atoms with Crippen molar-refractivity contribution in [2.24, 2.45) is 0 Å². The van der Waals surface area contributed by atoms with Gasteiger partial charge in [-0.15, -0.1) is 0 Å². The van der Waals surface area contributed by atoms with E-state index in [-0.39, 0.29) is 5.63 Å². The monoisotopic (exact) mass is 250 g/mol. The van der Waals surface area contributed by atoms with Crippen LogP contribution in [0.5, 0.6) is 0 Å². The van der Waals surface area contributed by atoms with Gasteiger partial charge in [0.15, 0.2) is 0 Å². The van der Waals surface area contributed by atoms with Crippen molar-refractivity contribution in [1.82, 2.24) is 0 Å². The zero-order valence-corrected chi connectivity index (χ0v) is 9.96. The molecule has 3 heteroatoms. The minimum absolute atomic E-state index is 0.363. The molecule has 1 N–H and O–H groups in total. The van der Waals surface area contributed by atoms with Crippen LogP contribution >= 0.6 is 0 Å². The summed E-state index contributed by atoms with van der Waals surface area (Å²) in [5.74, 6) is 0.492. The van der Waals surface area contributed by atoms with E-state index in [0.717, 1.165) is 16.5 Å². The molecule has 19 heavy (non-hydrogen) atoms. The molecule has 2 aromatic carbocycles. The highest BCUT2D eigenvalue weighted by Crippen LogP contribution is 2.45. The Bertz CT molecular complexity index is 861. The Hall–Kier alpha value is -2.39. The zero-order valence-electron chi connectivity index (χ0n) is 9.96. The quantitative estimate of drug-likeness (QED) is 0.667. The standard InChI is InChI=1S/C16H10O3/c17-14-10-6-2-3-7-11(10)15-13(14)9-5-1-4-8-12(9)16(18)19-15/h1-8,14,17H. The Kier molecular flexibility index (Phi) is 1.97. The molecule has 0 fully saturated rings. The summed E-state index contributed by atoms with van der Waals surface area (Å²) in [7, 11) is 0. The summed E-state index contributed by atoms with van der Waals surface area (Å²) in [6, 6.07) is 14.7. The van der Waals surface area contributed by atoms with E-state index < -0.39 is 6.10 Å². The molecule has 0 saturated carbocycles. The third-order valence-electron chi connectivity index (χ3n) is 3.65. The molecule has 92 valence electrons. The lowest BCUT2D eigenvalue weighted by Gasteiger charge is -2.07. The van der Waals surface area contributed by atoms with Crippen molar-refractivity contribution in [3.05, 3.63) is 70.1 Å². The van der Waals surface area contributed by atoms with E-state index in [2.05, 4.69) is 0 Å². The second kappa shape index (κ2) is 3.56. The second-order valence-electron chi connectivity index (χ2n) is 4.67. The van der Waals surface area contributed by atoms with Crippen LogP contribution < -0.4 is 5.63 Å². The highest BCUT2D eigenvalue weighted by atomic mass is 16.4. The van der Waals surface area contributed by atoms with Crippen molar-refractivity contribution in [3.63, 3.8) is 0 Å². The van der Waals surface area contributed by atoms with Crippen molar-refractivity contribution >= 4 is 10.8 Å². The molecular formula is C16H10O3. The summed E-state index contributed by atoms with van der Waals surface area (Å²) < 4.78 is 5.41. The molecule has 0 saturated heterocycles. The van der Waals surface area contributed by atoms with Gasteiger partial charge in [0, 0.05) is 11.1 Å². The van der Waals surface area contributed by atoms with Crippen molar-refractivity contribution in [3.8, 4) is 11.3 Å². The van der Waals surface area contributed by atoms with Gasteiger partial charge in [0.1, 0.15) is 11.9 Å². The van der Waals surface area contributed by atoms with Crippen molar-refractivity contribution in [1.29, 1.82) is 0 Å². The molecule has 3 aromatic rings. The number of hydrogen-bond donors (Lipinski definition) is 1. The van der Waals surface area contributed by atoms with Gasteiger partial charge in [-0.05, 0) is 17.0 Å². The van der Waals surface area contributed by atoms with Crippen LogP contribution in [-0.2, 0) is 0 Å². The maximum Gasteiger partial charge on any atom is 0.344 e. The molecule has 1 heterocycles. The lowest BCUT2D eigenvalue weighted by Crippen LogP contribution is -2.03. The third kappa shape index (κ3) is 1.28. The topological polar surface area (TPSA) is 50.4 Å². The van der Waals surface area contributed by atoms with Gasteiger partial charge in [0.25, 0.3) is 0 Å².